The molecule has 3 aromatic carbocycles. The molecule has 28 heavy (non-hydrogen) atoms. The van der Waals surface area contributed by atoms with Crippen molar-refractivity contribution in [1.82, 2.24) is 9.55 Å². The second kappa shape index (κ2) is 8.35. The van der Waals surface area contributed by atoms with Crippen molar-refractivity contribution in [3.8, 4) is 5.75 Å². The minimum Gasteiger partial charge on any atom is -0.489 e. The third kappa shape index (κ3) is 4.01. The zero-order chi connectivity index (χ0) is 19.2. The lowest BCUT2D eigenvalue weighted by molar-refractivity contribution is 0.306. The minimum absolute atomic E-state index is 0.555. The van der Waals surface area contributed by atoms with Crippen molar-refractivity contribution in [2.24, 2.45) is 4.99 Å². The molecule has 0 unspecified atom stereocenters. The SMILES string of the molecule is C=CCn1c(/N=C/c2ccc(OCc3ccccc3)cc2)nc2ccccc21. The zero-order valence-electron chi connectivity index (χ0n) is 15.5. The molecule has 0 N–H and O–H groups in total. The van der Waals surface area contributed by atoms with E-state index >= 15 is 0 Å². The van der Waals surface area contributed by atoms with E-state index in [-0.39, 0.29) is 0 Å². The van der Waals surface area contributed by atoms with Crippen LogP contribution in [0.25, 0.3) is 11.0 Å². The van der Waals surface area contributed by atoms with Crippen LogP contribution in [-0.4, -0.2) is 15.8 Å². The third-order valence-electron chi connectivity index (χ3n) is 4.40. The molecular formula is C24H21N3O. The Hall–Kier alpha value is -3.66. The number of hydrogen-bond donors (Lipinski definition) is 0. The summed E-state index contributed by atoms with van der Waals surface area (Å²) in [6.45, 7) is 5.06. The van der Waals surface area contributed by atoms with Crippen molar-refractivity contribution < 1.29 is 4.74 Å². The van der Waals surface area contributed by atoms with Crippen LogP contribution < -0.4 is 4.74 Å². The van der Waals surface area contributed by atoms with E-state index in [1.54, 1.807) is 0 Å². The highest BCUT2D eigenvalue weighted by molar-refractivity contribution is 5.83. The first-order chi connectivity index (χ1) is 13.8. The fraction of sp³-hybridized carbons (Fsp3) is 0.0833. The number of nitrogens with zero attached hydrogens (tertiary/aromatic N) is 3. The van der Waals surface area contributed by atoms with Crippen molar-refractivity contribution in [3.63, 3.8) is 0 Å². The van der Waals surface area contributed by atoms with E-state index in [1.165, 1.54) is 0 Å². The Kier molecular flexibility index (Phi) is 5.29. The Labute approximate surface area is 164 Å². The maximum atomic E-state index is 5.83. The van der Waals surface area contributed by atoms with E-state index in [2.05, 4.69) is 33.3 Å². The number of benzene rings is 3. The van der Waals surface area contributed by atoms with Gasteiger partial charge in [0.1, 0.15) is 12.4 Å². The summed E-state index contributed by atoms with van der Waals surface area (Å²) in [7, 11) is 0. The van der Waals surface area contributed by atoms with Crippen LogP contribution in [0.3, 0.4) is 0 Å². The van der Waals surface area contributed by atoms with Crippen LogP contribution in [0.1, 0.15) is 11.1 Å². The molecule has 1 heterocycles. The van der Waals surface area contributed by atoms with Crippen molar-refractivity contribution in [2.45, 2.75) is 13.2 Å². The standard InChI is InChI=1S/C24H21N3O/c1-2-16-27-23-11-7-6-10-22(23)26-24(27)25-17-19-12-14-21(15-13-19)28-18-20-8-4-3-5-9-20/h2-15,17H,1,16,18H2/b25-17+. The summed E-state index contributed by atoms with van der Waals surface area (Å²) < 4.78 is 7.88. The average molecular weight is 367 g/mol. The van der Waals surface area contributed by atoms with Crippen LogP contribution in [0.4, 0.5) is 5.95 Å². The molecular weight excluding hydrogens is 346 g/mol. The van der Waals surface area contributed by atoms with Crippen molar-refractivity contribution in [2.75, 3.05) is 0 Å². The summed E-state index contributed by atoms with van der Waals surface area (Å²) >= 11 is 0. The van der Waals surface area contributed by atoms with Gasteiger partial charge in [0.2, 0.25) is 5.95 Å². The van der Waals surface area contributed by atoms with Crippen LogP contribution in [-0.2, 0) is 13.2 Å². The summed E-state index contributed by atoms with van der Waals surface area (Å²) in [5, 5.41) is 0. The molecule has 4 rings (SSSR count). The molecule has 4 aromatic rings. The van der Waals surface area contributed by atoms with Crippen molar-refractivity contribution in [1.29, 1.82) is 0 Å². The number of fused-ring (bicyclic) bond motifs is 1. The molecule has 0 saturated heterocycles. The number of para-hydroxylation sites is 2. The molecule has 0 aliphatic heterocycles. The molecule has 0 fully saturated rings. The highest BCUT2D eigenvalue weighted by Crippen LogP contribution is 2.22. The lowest BCUT2D eigenvalue weighted by Gasteiger charge is -2.06. The van der Waals surface area contributed by atoms with E-state index in [0.29, 0.717) is 19.1 Å². The van der Waals surface area contributed by atoms with Gasteiger partial charge < -0.3 is 9.30 Å². The van der Waals surface area contributed by atoms with Gasteiger partial charge >= 0.3 is 0 Å². The maximum absolute atomic E-state index is 5.83. The molecule has 0 radical (unpaired) electrons. The molecule has 0 aliphatic carbocycles. The molecule has 138 valence electrons. The molecule has 0 amide bonds. The Morgan fingerprint density at radius 1 is 0.929 bits per heavy atom. The summed E-state index contributed by atoms with van der Waals surface area (Å²) in [5.41, 5.74) is 4.12. The summed E-state index contributed by atoms with van der Waals surface area (Å²) in [4.78, 5) is 9.21. The monoisotopic (exact) mass is 367 g/mol. The average Bonchev–Trinajstić information content (AvgIpc) is 3.10. The lowest BCUT2D eigenvalue weighted by atomic mass is 10.2. The van der Waals surface area contributed by atoms with E-state index < -0.39 is 0 Å². The van der Waals surface area contributed by atoms with E-state index in [0.717, 1.165) is 27.9 Å². The van der Waals surface area contributed by atoms with E-state index in [9.17, 15) is 0 Å². The van der Waals surface area contributed by atoms with Gasteiger partial charge in [0, 0.05) is 12.8 Å². The number of hydrogen-bond acceptors (Lipinski definition) is 3. The second-order valence-electron chi connectivity index (χ2n) is 6.40. The molecule has 4 heteroatoms. The fourth-order valence-electron chi connectivity index (χ4n) is 2.99. The minimum atomic E-state index is 0.555. The summed E-state index contributed by atoms with van der Waals surface area (Å²) in [5.74, 6) is 1.51. The van der Waals surface area contributed by atoms with Crippen molar-refractivity contribution >= 4 is 23.2 Å². The van der Waals surface area contributed by atoms with Gasteiger partial charge in [-0.25, -0.2) is 9.98 Å². The summed E-state index contributed by atoms with van der Waals surface area (Å²) in [6.07, 6.45) is 3.67. The third-order valence-corrected chi connectivity index (χ3v) is 4.40. The normalized spacial score (nSPS) is 11.1. The predicted molar refractivity (Wildman–Crippen MR) is 114 cm³/mol. The first-order valence-electron chi connectivity index (χ1n) is 9.20. The van der Waals surface area contributed by atoms with Gasteiger partial charge in [-0.2, -0.15) is 0 Å². The quantitative estimate of drug-likeness (QED) is 0.317. The highest BCUT2D eigenvalue weighted by atomic mass is 16.5. The van der Waals surface area contributed by atoms with Gasteiger partial charge in [0.25, 0.3) is 0 Å². The second-order valence-corrected chi connectivity index (χ2v) is 6.40. The van der Waals surface area contributed by atoms with Crippen LogP contribution in [0.2, 0.25) is 0 Å². The van der Waals surface area contributed by atoms with Crippen LogP contribution in [0, 0.1) is 0 Å². The maximum Gasteiger partial charge on any atom is 0.230 e. The van der Waals surface area contributed by atoms with Crippen LogP contribution in [0.5, 0.6) is 5.75 Å². The fourth-order valence-corrected chi connectivity index (χ4v) is 2.99. The van der Waals surface area contributed by atoms with Gasteiger partial charge in [0.15, 0.2) is 0 Å². The van der Waals surface area contributed by atoms with Gasteiger partial charge in [-0.15, -0.1) is 6.58 Å². The predicted octanol–water partition coefficient (Wildman–Crippen LogP) is 5.55. The first kappa shape index (κ1) is 17.7. The number of imidazole rings is 1. The largest absolute Gasteiger partial charge is 0.489 e. The van der Waals surface area contributed by atoms with Crippen LogP contribution >= 0.6 is 0 Å². The molecule has 4 nitrogen and oxygen atoms in total. The van der Waals surface area contributed by atoms with Crippen molar-refractivity contribution in [3.05, 3.63) is 103 Å². The number of ether oxygens (including phenoxy) is 1. The van der Waals surface area contributed by atoms with Crippen LogP contribution in [0.15, 0.2) is 96.5 Å². The zero-order valence-corrected chi connectivity index (χ0v) is 15.5. The molecule has 0 spiro atoms. The van der Waals surface area contributed by atoms with Gasteiger partial charge in [-0.1, -0.05) is 48.5 Å². The number of aliphatic imine (C=N–C) groups is 1. The molecule has 0 bridgehead atoms. The highest BCUT2D eigenvalue weighted by Gasteiger charge is 2.07. The van der Waals surface area contributed by atoms with E-state index in [4.69, 9.17) is 4.74 Å². The number of rotatable bonds is 7. The molecule has 1 aromatic heterocycles. The number of allylic oxidation sites excluding steroid dienone is 1. The Morgan fingerprint density at radius 2 is 1.68 bits per heavy atom. The topological polar surface area (TPSA) is 39.4 Å². The molecule has 0 saturated carbocycles. The Morgan fingerprint density at radius 3 is 2.46 bits per heavy atom. The molecule has 0 aliphatic rings. The Balaban J connectivity index is 1.48. The van der Waals surface area contributed by atoms with Gasteiger partial charge in [0.05, 0.1) is 11.0 Å². The van der Waals surface area contributed by atoms with E-state index in [1.807, 2.05) is 79.0 Å². The Bertz CT molecular complexity index is 1100. The first-order valence-corrected chi connectivity index (χ1v) is 9.20. The van der Waals surface area contributed by atoms with Gasteiger partial charge in [-0.3, -0.25) is 0 Å². The number of aromatic nitrogens is 2. The lowest BCUT2D eigenvalue weighted by Crippen LogP contribution is -1.95. The summed E-state index contributed by atoms with van der Waals surface area (Å²) in [6, 6.07) is 26.0. The smallest absolute Gasteiger partial charge is 0.230 e. The van der Waals surface area contributed by atoms with Gasteiger partial charge in [-0.05, 0) is 47.5 Å². The molecule has 0 atom stereocenters.